The number of halogens is 1. The first kappa shape index (κ1) is 24.8. The van der Waals surface area contributed by atoms with E-state index in [0.717, 1.165) is 54.3 Å². The molecule has 0 aromatic heterocycles. The van der Waals surface area contributed by atoms with Crippen molar-refractivity contribution in [2.75, 3.05) is 33.0 Å². The smallest absolute Gasteiger partial charge is 0.251 e. The molecule has 0 saturated carbocycles. The summed E-state index contributed by atoms with van der Waals surface area (Å²) in [4.78, 5) is 17.8. The summed E-state index contributed by atoms with van der Waals surface area (Å²) in [7, 11) is 0. The van der Waals surface area contributed by atoms with Gasteiger partial charge >= 0.3 is 0 Å². The summed E-state index contributed by atoms with van der Waals surface area (Å²) in [5.74, 6) is 1.63. The Morgan fingerprint density at radius 3 is 2.28 bits per heavy atom. The van der Waals surface area contributed by atoms with Gasteiger partial charge in [-0.2, -0.15) is 0 Å². The van der Waals surface area contributed by atoms with Crippen LogP contribution in [0.5, 0.6) is 11.5 Å². The summed E-state index contributed by atoms with van der Waals surface area (Å²) in [6.45, 7) is 9.55. The van der Waals surface area contributed by atoms with E-state index in [1.165, 1.54) is 11.1 Å². The Hall–Kier alpha value is -2.87. The van der Waals surface area contributed by atoms with Crippen molar-refractivity contribution >= 4 is 21.8 Å². The first-order valence-corrected chi connectivity index (χ1v) is 13.3. The fourth-order valence-corrected chi connectivity index (χ4v) is 5.11. The molecule has 36 heavy (non-hydrogen) atoms. The van der Waals surface area contributed by atoms with E-state index in [2.05, 4.69) is 62.2 Å². The van der Waals surface area contributed by atoms with Crippen molar-refractivity contribution < 1.29 is 14.3 Å². The van der Waals surface area contributed by atoms with Crippen LogP contribution in [0.15, 0.2) is 71.2 Å². The van der Waals surface area contributed by atoms with E-state index in [4.69, 9.17) is 9.47 Å². The number of hydrogen-bond donors (Lipinski definition) is 1. The lowest BCUT2D eigenvalue weighted by Crippen LogP contribution is -2.46. The summed E-state index contributed by atoms with van der Waals surface area (Å²) < 4.78 is 12.0. The maximum absolute atomic E-state index is 12.8. The Morgan fingerprint density at radius 1 is 0.889 bits per heavy atom. The summed E-state index contributed by atoms with van der Waals surface area (Å²) in [5.41, 5.74) is 4.25. The average molecular weight is 550 g/mol. The van der Waals surface area contributed by atoms with Crippen molar-refractivity contribution in [1.29, 1.82) is 0 Å². The highest BCUT2D eigenvalue weighted by molar-refractivity contribution is 9.10. The number of ether oxygens (including phenoxy) is 2. The predicted octanol–water partition coefficient (Wildman–Crippen LogP) is 5.55. The quantitative estimate of drug-likeness (QED) is 0.418. The summed E-state index contributed by atoms with van der Waals surface area (Å²) in [6, 6.07) is 22.5. The molecule has 2 aliphatic rings. The maximum atomic E-state index is 12.8. The second-order valence-electron chi connectivity index (χ2n) is 9.54. The van der Waals surface area contributed by atoms with E-state index in [1.807, 2.05) is 49.4 Å². The van der Waals surface area contributed by atoms with Crippen LogP contribution in [0, 0.1) is 0 Å². The number of hydrogen-bond acceptors (Lipinski definition) is 5. The van der Waals surface area contributed by atoms with Gasteiger partial charge in [-0.1, -0.05) is 46.3 Å². The lowest BCUT2D eigenvalue weighted by Gasteiger charge is -2.38. The highest BCUT2D eigenvalue weighted by Crippen LogP contribution is 2.33. The van der Waals surface area contributed by atoms with Crippen molar-refractivity contribution in [3.8, 4) is 11.5 Å². The molecule has 1 fully saturated rings. The zero-order valence-electron chi connectivity index (χ0n) is 20.7. The van der Waals surface area contributed by atoms with Crippen LogP contribution < -0.4 is 14.8 Å². The molecule has 0 radical (unpaired) electrons. The number of fused-ring (bicyclic) bond motifs is 1. The topological polar surface area (TPSA) is 54.0 Å². The van der Waals surface area contributed by atoms with Crippen molar-refractivity contribution in [3.05, 3.63) is 93.5 Å². The van der Waals surface area contributed by atoms with E-state index in [1.54, 1.807) is 0 Å². The van der Waals surface area contributed by atoms with Crippen LogP contribution in [0.2, 0.25) is 0 Å². The molecule has 188 valence electrons. The van der Waals surface area contributed by atoms with E-state index in [9.17, 15) is 4.79 Å². The van der Waals surface area contributed by atoms with Crippen LogP contribution >= 0.6 is 15.9 Å². The second-order valence-corrected chi connectivity index (χ2v) is 10.5. The van der Waals surface area contributed by atoms with Crippen LogP contribution in [0.25, 0.3) is 0 Å². The number of nitrogens with zero attached hydrogens (tertiary/aromatic N) is 2. The van der Waals surface area contributed by atoms with Crippen molar-refractivity contribution in [3.63, 3.8) is 0 Å². The molecule has 1 N–H and O–H groups in total. The molecule has 0 aliphatic carbocycles. The Labute approximate surface area is 221 Å². The molecule has 1 amide bonds. The molecular formula is C29H32BrN3O3. The monoisotopic (exact) mass is 549 g/mol. The summed E-state index contributed by atoms with van der Waals surface area (Å²) >= 11 is 3.45. The lowest BCUT2D eigenvalue weighted by atomic mass is 10.0. The van der Waals surface area contributed by atoms with Crippen molar-refractivity contribution in [2.45, 2.75) is 32.5 Å². The summed E-state index contributed by atoms with van der Waals surface area (Å²) in [5, 5.41) is 3.10. The molecule has 1 unspecified atom stereocenters. The Kier molecular flexibility index (Phi) is 7.60. The normalized spacial score (nSPS) is 17.5. The minimum absolute atomic E-state index is 0.0539. The van der Waals surface area contributed by atoms with Crippen LogP contribution in [-0.4, -0.2) is 48.7 Å². The van der Waals surface area contributed by atoms with E-state index in [-0.39, 0.29) is 11.9 Å². The molecule has 3 aromatic carbocycles. The molecule has 5 rings (SSSR count). The van der Waals surface area contributed by atoms with Crippen LogP contribution in [0.1, 0.15) is 53.0 Å². The first-order chi connectivity index (χ1) is 17.5. The minimum atomic E-state index is -0.0573. The van der Waals surface area contributed by atoms with Gasteiger partial charge in [-0.25, -0.2) is 0 Å². The van der Waals surface area contributed by atoms with Gasteiger partial charge in [0.05, 0.1) is 6.04 Å². The molecule has 6 nitrogen and oxygen atoms in total. The number of rotatable bonds is 7. The van der Waals surface area contributed by atoms with Crippen molar-refractivity contribution in [1.82, 2.24) is 15.1 Å². The van der Waals surface area contributed by atoms with E-state index >= 15 is 0 Å². The molecule has 2 aliphatic heterocycles. The van der Waals surface area contributed by atoms with Gasteiger partial charge in [0.25, 0.3) is 5.91 Å². The molecule has 7 heteroatoms. The fraction of sp³-hybridized carbons (Fsp3) is 0.345. The second kappa shape index (κ2) is 11.0. The minimum Gasteiger partial charge on any atom is -0.454 e. The zero-order chi connectivity index (χ0) is 25.1. The third-order valence-corrected chi connectivity index (χ3v) is 7.70. The maximum Gasteiger partial charge on any atom is 0.251 e. The number of carbonyl (C=O) groups excluding carboxylic acids is 1. The van der Waals surface area contributed by atoms with Gasteiger partial charge in [-0.05, 0) is 66.9 Å². The largest absolute Gasteiger partial charge is 0.454 e. The highest BCUT2D eigenvalue weighted by Gasteiger charge is 2.23. The molecule has 2 atom stereocenters. The molecule has 1 saturated heterocycles. The van der Waals surface area contributed by atoms with Crippen molar-refractivity contribution in [2.24, 2.45) is 0 Å². The molecular weight excluding hydrogens is 518 g/mol. The first-order valence-electron chi connectivity index (χ1n) is 12.5. The highest BCUT2D eigenvalue weighted by atomic mass is 79.9. The summed E-state index contributed by atoms with van der Waals surface area (Å²) in [6.07, 6.45) is 0. The van der Waals surface area contributed by atoms with Gasteiger partial charge in [0.15, 0.2) is 11.5 Å². The number of benzene rings is 3. The average Bonchev–Trinajstić information content (AvgIpc) is 3.37. The number of piperazine rings is 1. The molecule has 0 spiro atoms. The Morgan fingerprint density at radius 2 is 1.56 bits per heavy atom. The Balaban J connectivity index is 1.12. The predicted molar refractivity (Wildman–Crippen MR) is 144 cm³/mol. The standard InChI is InChI=1S/C29H32BrN3O3/c1-20(23-8-10-26(30)11-9-23)31-29(34)25-6-4-24(5-7-25)21(2)33-15-13-32(14-16-33)18-22-3-12-27-28(17-22)36-19-35-27/h3-12,17,20-21H,13-16,18-19H2,1-2H3,(H,31,34)/t20-,21?/m0/s1. The van der Waals surface area contributed by atoms with Crippen LogP contribution in [0.4, 0.5) is 0 Å². The molecule has 3 aromatic rings. The van der Waals surface area contributed by atoms with Gasteiger partial charge in [-0.15, -0.1) is 0 Å². The Bertz CT molecular complexity index is 1190. The zero-order valence-corrected chi connectivity index (χ0v) is 22.3. The SMILES string of the molecule is CC(c1ccc(C(=O)N[C@@H](C)c2ccc(Br)cc2)cc1)N1CCN(Cc2ccc3c(c2)OCO3)CC1. The molecule has 2 heterocycles. The van der Waals surface area contributed by atoms with E-state index < -0.39 is 0 Å². The van der Waals surface area contributed by atoms with Crippen LogP contribution in [-0.2, 0) is 6.54 Å². The van der Waals surface area contributed by atoms with Crippen LogP contribution in [0.3, 0.4) is 0 Å². The van der Waals surface area contributed by atoms with Gasteiger partial charge in [-0.3, -0.25) is 14.6 Å². The van der Waals surface area contributed by atoms with Gasteiger partial charge in [0.1, 0.15) is 0 Å². The number of carbonyl (C=O) groups is 1. The number of amides is 1. The van der Waals surface area contributed by atoms with Gasteiger partial charge in [0.2, 0.25) is 6.79 Å². The lowest BCUT2D eigenvalue weighted by molar-refractivity contribution is 0.0938. The van der Waals surface area contributed by atoms with E-state index in [0.29, 0.717) is 18.4 Å². The van der Waals surface area contributed by atoms with Gasteiger partial charge in [0, 0.05) is 48.8 Å². The third-order valence-electron chi connectivity index (χ3n) is 7.17. The fourth-order valence-electron chi connectivity index (χ4n) is 4.84. The third kappa shape index (κ3) is 5.75. The van der Waals surface area contributed by atoms with Gasteiger partial charge < -0.3 is 14.8 Å². The number of nitrogens with one attached hydrogen (secondary N) is 1. The molecule has 0 bridgehead atoms.